The Kier molecular flexibility index (Phi) is 6.21. The summed E-state index contributed by atoms with van der Waals surface area (Å²) in [5.74, 6) is -0.146. The minimum Gasteiger partial charge on any atom is -0.377 e. The summed E-state index contributed by atoms with van der Waals surface area (Å²) >= 11 is 6.09. The lowest BCUT2D eigenvalue weighted by atomic mass is 9.95. The smallest absolute Gasteiger partial charge is 0.293 e. The lowest BCUT2D eigenvalue weighted by Crippen LogP contribution is -2.23. The molecule has 1 amide bonds. The zero-order chi connectivity index (χ0) is 16.8. The Morgan fingerprint density at radius 3 is 2.61 bits per heavy atom. The first-order valence-electron chi connectivity index (χ1n) is 8.05. The van der Waals surface area contributed by atoms with Crippen molar-refractivity contribution in [3.05, 3.63) is 27.3 Å². The van der Waals surface area contributed by atoms with Crippen LogP contribution in [0.1, 0.15) is 51.9 Å². The van der Waals surface area contributed by atoms with E-state index in [4.69, 9.17) is 11.6 Å². The predicted molar refractivity (Wildman–Crippen MR) is 92.1 cm³/mol. The van der Waals surface area contributed by atoms with Crippen LogP contribution in [0.3, 0.4) is 0 Å². The molecule has 0 radical (unpaired) electrons. The average Bonchev–Trinajstić information content (AvgIpc) is 2.51. The van der Waals surface area contributed by atoms with Gasteiger partial charge in [0.25, 0.3) is 5.69 Å². The lowest BCUT2D eigenvalue weighted by Gasteiger charge is -2.24. The van der Waals surface area contributed by atoms with Gasteiger partial charge in [0.1, 0.15) is 5.69 Å². The molecule has 0 aromatic heterocycles. The molecule has 0 spiro atoms. The molecule has 1 saturated carbocycles. The van der Waals surface area contributed by atoms with Crippen LogP contribution >= 0.6 is 11.6 Å². The summed E-state index contributed by atoms with van der Waals surface area (Å²) in [7, 11) is 0. The van der Waals surface area contributed by atoms with Gasteiger partial charge >= 0.3 is 0 Å². The fraction of sp³-hybridized carbons (Fsp3) is 0.562. The molecule has 6 nitrogen and oxygen atoms in total. The van der Waals surface area contributed by atoms with E-state index in [9.17, 15) is 14.9 Å². The molecule has 1 aromatic carbocycles. The van der Waals surface area contributed by atoms with E-state index in [2.05, 4.69) is 10.6 Å². The fourth-order valence-electron chi connectivity index (χ4n) is 2.83. The number of nitro benzene ring substituents is 1. The van der Waals surface area contributed by atoms with Crippen molar-refractivity contribution in [3.63, 3.8) is 0 Å². The second kappa shape index (κ2) is 8.15. The number of nitrogens with zero attached hydrogens (tertiary/aromatic N) is 1. The van der Waals surface area contributed by atoms with E-state index in [0.717, 1.165) is 32.1 Å². The number of carbonyl (C=O) groups is 1. The maximum Gasteiger partial charge on any atom is 0.293 e. The molecule has 126 valence electrons. The van der Waals surface area contributed by atoms with Gasteiger partial charge in [-0.3, -0.25) is 14.9 Å². The molecule has 1 aromatic rings. The highest BCUT2D eigenvalue weighted by atomic mass is 35.5. The molecular formula is C16H22ClN3O3. The third-order valence-corrected chi connectivity index (χ3v) is 4.31. The van der Waals surface area contributed by atoms with Crippen LogP contribution in [0.15, 0.2) is 12.1 Å². The minimum absolute atomic E-state index is 0.0611. The van der Waals surface area contributed by atoms with E-state index in [1.165, 1.54) is 12.5 Å². The molecule has 7 heteroatoms. The molecule has 1 fully saturated rings. The van der Waals surface area contributed by atoms with E-state index < -0.39 is 4.92 Å². The summed E-state index contributed by atoms with van der Waals surface area (Å²) in [5, 5.41) is 17.4. The SMILES string of the molecule is CCCC(=O)Nc1cc(NC2CCCCC2)c([N+](=O)[O-])cc1Cl. The van der Waals surface area contributed by atoms with Gasteiger partial charge in [-0.05, 0) is 25.3 Å². The van der Waals surface area contributed by atoms with Crippen molar-refractivity contribution < 1.29 is 9.72 Å². The average molecular weight is 340 g/mol. The Morgan fingerprint density at radius 1 is 1.30 bits per heavy atom. The van der Waals surface area contributed by atoms with E-state index in [0.29, 0.717) is 17.8 Å². The molecule has 0 heterocycles. The van der Waals surface area contributed by atoms with Crippen LogP contribution in [0.2, 0.25) is 5.02 Å². The van der Waals surface area contributed by atoms with Crippen LogP contribution in [-0.4, -0.2) is 16.9 Å². The highest BCUT2D eigenvalue weighted by Crippen LogP contribution is 2.36. The van der Waals surface area contributed by atoms with Crippen molar-refractivity contribution in [3.8, 4) is 0 Å². The van der Waals surface area contributed by atoms with Crippen LogP contribution in [0.25, 0.3) is 0 Å². The number of benzene rings is 1. The van der Waals surface area contributed by atoms with Gasteiger partial charge in [0.2, 0.25) is 5.91 Å². The molecular weight excluding hydrogens is 318 g/mol. The first-order chi connectivity index (χ1) is 11.0. The summed E-state index contributed by atoms with van der Waals surface area (Å²) in [6.45, 7) is 1.91. The molecule has 2 N–H and O–H groups in total. The summed E-state index contributed by atoms with van der Waals surface area (Å²) < 4.78 is 0. The maximum absolute atomic E-state index is 11.8. The maximum atomic E-state index is 11.8. The van der Waals surface area contributed by atoms with E-state index in [1.807, 2.05) is 6.92 Å². The van der Waals surface area contributed by atoms with Gasteiger partial charge in [-0.25, -0.2) is 0 Å². The van der Waals surface area contributed by atoms with E-state index in [-0.39, 0.29) is 22.7 Å². The number of nitrogens with one attached hydrogen (secondary N) is 2. The molecule has 0 aliphatic heterocycles. The second-order valence-corrected chi connectivity index (χ2v) is 6.29. The fourth-order valence-corrected chi connectivity index (χ4v) is 3.04. The minimum atomic E-state index is -0.450. The summed E-state index contributed by atoms with van der Waals surface area (Å²) in [4.78, 5) is 22.6. The van der Waals surface area contributed by atoms with E-state index in [1.54, 1.807) is 6.07 Å². The molecule has 1 aliphatic carbocycles. The van der Waals surface area contributed by atoms with Crippen molar-refractivity contribution in [1.82, 2.24) is 0 Å². The molecule has 2 rings (SSSR count). The van der Waals surface area contributed by atoms with Crippen molar-refractivity contribution in [2.45, 2.75) is 57.9 Å². The molecule has 1 aliphatic rings. The highest BCUT2D eigenvalue weighted by molar-refractivity contribution is 6.34. The Hall–Kier alpha value is -1.82. The molecule has 0 atom stereocenters. The van der Waals surface area contributed by atoms with Gasteiger partial charge < -0.3 is 10.6 Å². The molecule has 0 bridgehead atoms. The van der Waals surface area contributed by atoms with Crippen LogP contribution in [0.4, 0.5) is 17.1 Å². The monoisotopic (exact) mass is 339 g/mol. The Balaban J connectivity index is 2.25. The van der Waals surface area contributed by atoms with E-state index >= 15 is 0 Å². The number of nitro groups is 1. The summed E-state index contributed by atoms with van der Waals surface area (Å²) in [6, 6.07) is 3.10. The number of hydrogen-bond donors (Lipinski definition) is 2. The number of rotatable bonds is 6. The van der Waals surface area contributed by atoms with Crippen LogP contribution in [0.5, 0.6) is 0 Å². The van der Waals surface area contributed by atoms with Gasteiger partial charge in [-0.2, -0.15) is 0 Å². The van der Waals surface area contributed by atoms with Gasteiger partial charge in [-0.1, -0.05) is 37.8 Å². The Bertz CT molecular complexity index is 586. The largest absolute Gasteiger partial charge is 0.377 e. The third kappa shape index (κ3) is 4.82. The van der Waals surface area contributed by atoms with Crippen molar-refractivity contribution in [2.75, 3.05) is 10.6 Å². The standard InChI is InChI=1S/C16H22ClN3O3/c1-2-6-16(21)19-13-10-14(15(20(22)23)9-12(13)17)18-11-7-4-3-5-8-11/h9-11,18H,2-8H2,1H3,(H,19,21). The van der Waals surface area contributed by atoms with Gasteiger partial charge in [0.15, 0.2) is 0 Å². The molecule has 23 heavy (non-hydrogen) atoms. The van der Waals surface area contributed by atoms with Crippen molar-refractivity contribution in [2.24, 2.45) is 0 Å². The molecule has 0 unspecified atom stereocenters. The number of amides is 1. The Labute approximate surface area is 140 Å². The van der Waals surface area contributed by atoms with Crippen LogP contribution in [0, 0.1) is 10.1 Å². The second-order valence-electron chi connectivity index (χ2n) is 5.88. The number of halogens is 1. The topological polar surface area (TPSA) is 84.3 Å². The van der Waals surface area contributed by atoms with Crippen molar-refractivity contribution >= 4 is 34.6 Å². The van der Waals surface area contributed by atoms with Gasteiger partial charge in [0.05, 0.1) is 15.6 Å². The summed E-state index contributed by atoms with van der Waals surface area (Å²) in [6.07, 6.45) is 6.56. The van der Waals surface area contributed by atoms with Gasteiger partial charge in [-0.15, -0.1) is 0 Å². The zero-order valence-electron chi connectivity index (χ0n) is 13.2. The highest BCUT2D eigenvalue weighted by Gasteiger charge is 2.22. The van der Waals surface area contributed by atoms with Crippen molar-refractivity contribution in [1.29, 1.82) is 0 Å². The number of carbonyl (C=O) groups excluding carboxylic acids is 1. The number of anilines is 2. The quantitative estimate of drug-likeness (QED) is 0.579. The normalized spacial score (nSPS) is 15.2. The number of hydrogen-bond acceptors (Lipinski definition) is 4. The third-order valence-electron chi connectivity index (χ3n) is 4.00. The predicted octanol–water partition coefficient (Wildman–Crippen LogP) is 4.73. The summed E-state index contributed by atoms with van der Waals surface area (Å²) in [5.41, 5.74) is 0.765. The molecule has 0 saturated heterocycles. The van der Waals surface area contributed by atoms with Gasteiger partial charge in [0, 0.05) is 18.5 Å². The zero-order valence-corrected chi connectivity index (χ0v) is 14.0. The Morgan fingerprint density at radius 2 is 2.00 bits per heavy atom. The van der Waals surface area contributed by atoms with Crippen LogP contribution < -0.4 is 10.6 Å². The van der Waals surface area contributed by atoms with Crippen LogP contribution in [-0.2, 0) is 4.79 Å². The first-order valence-corrected chi connectivity index (χ1v) is 8.43. The lowest BCUT2D eigenvalue weighted by molar-refractivity contribution is -0.384. The first kappa shape index (κ1) is 17.5.